The van der Waals surface area contributed by atoms with Crippen molar-refractivity contribution in [2.45, 2.75) is 5.92 Å². The van der Waals surface area contributed by atoms with Gasteiger partial charge < -0.3 is 9.73 Å². The predicted molar refractivity (Wildman–Crippen MR) is 89.5 cm³/mol. The number of furan rings is 1. The zero-order chi connectivity index (χ0) is 17.1. The number of Topliss-reactive ketones (excluding diaryl/α,β-unsaturated/α-hetero) is 1. The first-order chi connectivity index (χ1) is 12.1. The van der Waals surface area contributed by atoms with Crippen LogP contribution in [0.4, 0.5) is 5.82 Å². The van der Waals surface area contributed by atoms with Gasteiger partial charge in [0.25, 0.3) is 5.56 Å². The monoisotopic (exact) mass is 333 g/mol. The molecule has 1 aliphatic heterocycles. The minimum atomic E-state index is -0.693. The predicted octanol–water partition coefficient (Wildman–Crippen LogP) is 1.82. The normalized spacial score (nSPS) is 17.8. The lowest BCUT2D eigenvalue weighted by molar-refractivity contribution is 0.103. The summed E-state index contributed by atoms with van der Waals surface area (Å²) in [4.78, 5) is 42.0. The van der Waals surface area contributed by atoms with E-state index in [1.807, 2.05) is 12.1 Å². The van der Waals surface area contributed by atoms with Crippen molar-refractivity contribution in [3.05, 3.63) is 91.5 Å². The molecule has 1 aromatic carbocycles. The molecule has 0 radical (unpaired) electrons. The molecule has 0 unspecified atom stereocenters. The fraction of sp³-hybridized carbons (Fsp3) is 0.0556. The third-order valence-corrected chi connectivity index (χ3v) is 4.59. The van der Waals surface area contributed by atoms with E-state index in [4.69, 9.17) is 4.42 Å². The summed E-state index contributed by atoms with van der Waals surface area (Å²) >= 11 is 0. The van der Waals surface area contributed by atoms with Gasteiger partial charge in [0.2, 0.25) is 0 Å². The highest BCUT2D eigenvalue weighted by molar-refractivity contribution is 6.23. The third-order valence-electron chi connectivity index (χ3n) is 4.59. The van der Waals surface area contributed by atoms with E-state index in [1.165, 1.54) is 6.26 Å². The molecule has 0 saturated heterocycles. The Morgan fingerprint density at radius 2 is 1.72 bits per heavy atom. The summed E-state index contributed by atoms with van der Waals surface area (Å²) in [6.07, 6.45) is 1.49. The Kier molecular flexibility index (Phi) is 2.59. The Balaban J connectivity index is 1.86. The van der Waals surface area contributed by atoms with Crippen LogP contribution in [-0.2, 0) is 0 Å². The summed E-state index contributed by atoms with van der Waals surface area (Å²) in [6.45, 7) is 0. The number of carbonyl (C=O) groups is 1. The van der Waals surface area contributed by atoms with Crippen LogP contribution in [0.2, 0.25) is 0 Å². The van der Waals surface area contributed by atoms with Gasteiger partial charge in [-0.25, -0.2) is 4.79 Å². The molecule has 2 aliphatic rings. The molecular weight excluding hydrogens is 322 g/mol. The maximum absolute atomic E-state index is 13.0. The van der Waals surface area contributed by atoms with Crippen molar-refractivity contribution in [3.63, 3.8) is 0 Å². The number of carbonyl (C=O) groups excluding carboxylic acids is 1. The van der Waals surface area contributed by atoms with Crippen LogP contribution in [0, 0.1) is 0 Å². The maximum atomic E-state index is 13.0. The zero-order valence-corrected chi connectivity index (χ0v) is 12.8. The molecule has 7 heteroatoms. The lowest BCUT2D eigenvalue weighted by Crippen LogP contribution is -2.33. The number of fused-ring (bicyclic) bond motifs is 3. The van der Waals surface area contributed by atoms with Crippen molar-refractivity contribution in [2.75, 3.05) is 5.32 Å². The molecule has 122 valence electrons. The van der Waals surface area contributed by atoms with Crippen LogP contribution in [0.5, 0.6) is 0 Å². The molecule has 25 heavy (non-hydrogen) atoms. The van der Waals surface area contributed by atoms with Gasteiger partial charge in [0.05, 0.1) is 23.4 Å². The van der Waals surface area contributed by atoms with Crippen molar-refractivity contribution in [2.24, 2.45) is 0 Å². The smallest absolute Gasteiger partial charge is 0.327 e. The van der Waals surface area contributed by atoms with Crippen molar-refractivity contribution >= 4 is 17.3 Å². The number of nitrogens with one attached hydrogen (secondary N) is 3. The summed E-state index contributed by atoms with van der Waals surface area (Å²) in [7, 11) is 0. The number of rotatable bonds is 1. The minimum Gasteiger partial charge on any atom is -0.468 e. The molecule has 1 aliphatic carbocycles. The maximum Gasteiger partial charge on any atom is 0.327 e. The number of hydrogen-bond donors (Lipinski definition) is 3. The van der Waals surface area contributed by atoms with Gasteiger partial charge in [0, 0.05) is 16.7 Å². The van der Waals surface area contributed by atoms with Crippen molar-refractivity contribution in [1.29, 1.82) is 0 Å². The van der Waals surface area contributed by atoms with Crippen LogP contribution < -0.4 is 16.6 Å². The van der Waals surface area contributed by atoms with Gasteiger partial charge >= 0.3 is 5.69 Å². The van der Waals surface area contributed by atoms with Gasteiger partial charge in [-0.1, -0.05) is 24.3 Å². The fourth-order valence-electron chi connectivity index (χ4n) is 3.59. The number of H-pyrrole nitrogens is 2. The van der Waals surface area contributed by atoms with Gasteiger partial charge in [-0.3, -0.25) is 19.6 Å². The number of aromatic amines is 2. The highest BCUT2D eigenvalue weighted by Gasteiger charge is 2.42. The van der Waals surface area contributed by atoms with E-state index in [-0.39, 0.29) is 17.2 Å². The summed E-state index contributed by atoms with van der Waals surface area (Å²) in [5, 5.41) is 3.06. The van der Waals surface area contributed by atoms with Crippen LogP contribution in [0.3, 0.4) is 0 Å². The molecule has 0 saturated carbocycles. The largest absolute Gasteiger partial charge is 0.468 e. The Labute approximate surface area is 140 Å². The number of hydrogen-bond acceptors (Lipinski definition) is 5. The molecular formula is C18H11N3O4. The van der Waals surface area contributed by atoms with Crippen LogP contribution in [0.25, 0.3) is 5.70 Å². The topological polar surface area (TPSA) is 108 Å². The quantitative estimate of drug-likeness (QED) is 0.629. The van der Waals surface area contributed by atoms with Crippen molar-refractivity contribution < 1.29 is 9.21 Å². The SMILES string of the molecule is O=C1C2=C(Nc3[nH]c(=O)[nH]c(=O)c3[C@H]2c2ccco2)c2ccccc21. The molecule has 5 rings (SSSR count). The van der Waals surface area contributed by atoms with Gasteiger partial charge in [-0.2, -0.15) is 0 Å². The molecule has 0 amide bonds. The van der Waals surface area contributed by atoms with E-state index in [2.05, 4.69) is 15.3 Å². The van der Waals surface area contributed by atoms with E-state index >= 15 is 0 Å². The fourth-order valence-corrected chi connectivity index (χ4v) is 3.59. The first-order valence-electron chi connectivity index (χ1n) is 7.70. The van der Waals surface area contributed by atoms with Crippen molar-refractivity contribution in [3.8, 4) is 0 Å². The highest BCUT2D eigenvalue weighted by atomic mass is 16.3. The molecule has 0 fully saturated rings. The summed E-state index contributed by atoms with van der Waals surface area (Å²) in [5.41, 5.74) is 1.43. The lowest BCUT2D eigenvalue weighted by Gasteiger charge is -2.25. The summed E-state index contributed by atoms with van der Waals surface area (Å²) in [6, 6.07) is 10.6. The standard InChI is InChI=1S/C18H11N3O4/c22-15-9-5-2-1-4-8(9)14-12(15)11(10-6-3-7-25-10)13-16(19-14)20-18(24)21-17(13)23/h1-7,11H,(H3,19,20,21,23,24)/t11-/m0/s1. The molecule has 3 N–H and O–H groups in total. The molecule has 2 aromatic heterocycles. The van der Waals surface area contributed by atoms with Gasteiger partial charge in [0.15, 0.2) is 5.78 Å². The van der Waals surface area contributed by atoms with E-state index in [0.29, 0.717) is 22.6 Å². The Morgan fingerprint density at radius 3 is 2.48 bits per heavy atom. The summed E-state index contributed by atoms with van der Waals surface area (Å²) in [5.74, 6) is -0.107. The number of allylic oxidation sites excluding steroid dienone is 1. The highest BCUT2D eigenvalue weighted by Crippen LogP contribution is 2.47. The first kappa shape index (κ1) is 13.8. The molecule has 3 heterocycles. The van der Waals surface area contributed by atoms with E-state index in [0.717, 1.165) is 5.56 Å². The van der Waals surface area contributed by atoms with Crippen LogP contribution in [-0.4, -0.2) is 15.8 Å². The zero-order valence-electron chi connectivity index (χ0n) is 12.8. The van der Waals surface area contributed by atoms with Crippen LogP contribution in [0.15, 0.2) is 62.2 Å². The number of ketones is 1. The molecule has 1 atom stereocenters. The molecule has 0 bridgehead atoms. The minimum absolute atomic E-state index is 0.157. The average molecular weight is 333 g/mol. The van der Waals surface area contributed by atoms with Crippen LogP contribution in [0.1, 0.15) is 33.2 Å². The van der Waals surface area contributed by atoms with E-state index in [1.54, 1.807) is 24.3 Å². The van der Waals surface area contributed by atoms with Crippen LogP contribution >= 0.6 is 0 Å². The Bertz CT molecular complexity index is 1180. The summed E-state index contributed by atoms with van der Waals surface area (Å²) < 4.78 is 5.51. The van der Waals surface area contributed by atoms with Crippen molar-refractivity contribution in [1.82, 2.24) is 9.97 Å². The number of benzene rings is 1. The molecule has 3 aromatic rings. The van der Waals surface area contributed by atoms with Gasteiger partial charge in [0.1, 0.15) is 11.6 Å². The molecule has 0 spiro atoms. The second-order valence-corrected chi connectivity index (χ2v) is 5.93. The van der Waals surface area contributed by atoms with Gasteiger partial charge in [-0.15, -0.1) is 0 Å². The second-order valence-electron chi connectivity index (χ2n) is 5.93. The molecule has 7 nitrogen and oxygen atoms in total. The van der Waals surface area contributed by atoms with Gasteiger partial charge in [-0.05, 0) is 12.1 Å². The Morgan fingerprint density at radius 1 is 0.920 bits per heavy atom. The number of aromatic nitrogens is 2. The Hall–Kier alpha value is -3.61. The average Bonchev–Trinajstić information content (AvgIpc) is 3.21. The first-order valence-corrected chi connectivity index (χ1v) is 7.70. The third kappa shape index (κ3) is 1.77. The second kappa shape index (κ2) is 4.70. The number of anilines is 1. The van der Waals surface area contributed by atoms with E-state index < -0.39 is 17.2 Å². The van der Waals surface area contributed by atoms with E-state index in [9.17, 15) is 14.4 Å². The lowest BCUT2D eigenvalue weighted by atomic mass is 9.85.